The molecule has 1 aromatic carbocycles. The first-order valence-electron chi connectivity index (χ1n) is 5.19. The smallest absolute Gasteiger partial charge is 0.139 e. The second kappa shape index (κ2) is 6.44. The minimum atomic E-state index is 0.554. The van der Waals surface area contributed by atoms with Crippen molar-refractivity contribution in [2.45, 2.75) is 32.7 Å². The number of nitrogens with one attached hydrogen (secondary N) is 1. The Morgan fingerprint density at radius 1 is 1.36 bits per heavy atom. The van der Waals surface area contributed by atoms with Gasteiger partial charge in [0.05, 0.1) is 0 Å². The summed E-state index contributed by atoms with van der Waals surface area (Å²) in [7, 11) is 0. The molecule has 0 heterocycles. The Hall–Kier alpha value is -1.02. The highest BCUT2D eigenvalue weighted by Crippen LogP contribution is 2.06. The molecule has 1 aromatic rings. The number of benzene rings is 1. The highest BCUT2D eigenvalue weighted by Gasteiger charge is 2.00. The third-order valence-corrected chi connectivity index (χ3v) is 2.27. The molecule has 1 radical (unpaired) electrons. The van der Waals surface area contributed by atoms with Crippen molar-refractivity contribution >= 4 is 0 Å². The summed E-state index contributed by atoms with van der Waals surface area (Å²) in [5.74, 6) is 0.797. The van der Waals surface area contributed by atoms with Gasteiger partial charge in [-0.05, 0) is 18.9 Å². The number of rotatable bonds is 6. The number of ether oxygens (including phenoxy) is 1. The average Bonchev–Trinajstić information content (AvgIpc) is 2.26. The molecular weight excluding hydrogens is 174 g/mol. The predicted octanol–water partition coefficient (Wildman–Crippen LogP) is 2.60. The molecule has 0 fully saturated rings. The molecule has 0 saturated carbocycles. The quantitative estimate of drug-likeness (QED) is 0.699. The van der Waals surface area contributed by atoms with Crippen molar-refractivity contribution in [3.05, 3.63) is 30.3 Å². The van der Waals surface area contributed by atoms with Crippen LogP contribution in [0.1, 0.15) is 26.7 Å². The van der Waals surface area contributed by atoms with E-state index in [1.807, 2.05) is 24.3 Å². The fourth-order valence-electron chi connectivity index (χ4n) is 1.28. The largest absolute Gasteiger partial charge is 0.478 e. The zero-order chi connectivity index (χ0) is 10.2. The van der Waals surface area contributed by atoms with Gasteiger partial charge in [-0.3, -0.25) is 5.32 Å². The van der Waals surface area contributed by atoms with Crippen molar-refractivity contribution in [2.75, 3.05) is 6.73 Å². The third kappa shape index (κ3) is 3.79. The highest BCUT2D eigenvalue weighted by molar-refractivity contribution is 5.19. The van der Waals surface area contributed by atoms with E-state index in [1.165, 1.54) is 0 Å². The van der Waals surface area contributed by atoms with E-state index in [4.69, 9.17) is 4.74 Å². The summed E-state index contributed by atoms with van der Waals surface area (Å²) in [6.45, 7) is 4.92. The molecule has 1 rings (SSSR count). The highest BCUT2D eigenvalue weighted by atomic mass is 16.5. The van der Waals surface area contributed by atoms with Gasteiger partial charge in [-0.2, -0.15) is 0 Å². The summed E-state index contributed by atoms with van der Waals surface area (Å²) in [6.07, 6.45) is 2.27. The topological polar surface area (TPSA) is 21.3 Å². The maximum Gasteiger partial charge on any atom is 0.139 e. The summed E-state index contributed by atoms with van der Waals surface area (Å²) < 4.78 is 5.47. The molecule has 0 spiro atoms. The zero-order valence-corrected chi connectivity index (χ0v) is 8.92. The first kappa shape index (κ1) is 11.1. The monoisotopic (exact) mass is 192 g/mol. The van der Waals surface area contributed by atoms with E-state index in [9.17, 15) is 0 Å². The van der Waals surface area contributed by atoms with Crippen molar-refractivity contribution in [1.82, 2.24) is 5.32 Å². The molecule has 0 aliphatic heterocycles. The molecule has 0 unspecified atom stereocenters. The lowest BCUT2D eigenvalue weighted by Crippen LogP contribution is -2.31. The Morgan fingerprint density at radius 3 is 2.71 bits per heavy atom. The summed E-state index contributed by atoms with van der Waals surface area (Å²) in [5, 5.41) is 3.33. The molecular formula is C12H18NO. The van der Waals surface area contributed by atoms with Crippen LogP contribution in [-0.2, 0) is 0 Å². The van der Waals surface area contributed by atoms with Gasteiger partial charge in [-0.25, -0.2) is 0 Å². The van der Waals surface area contributed by atoms with Crippen LogP contribution in [0.5, 0.6) is 5.75 Å². The molecule has 0 amide bonds. The van der Waals surface area contributed by atoms with Gasteiger partial charge in [0.25, 0.3) is 0 Å². The fourth-order valence-corrected chi connectivity index (χ4v) is 1.28. The standard InChI is InChI=1S/C12H18NO/c1-3-11(4-2)13-10-14-12-8-6-5-7-9-12/h5-8,11,13H,3-4,10H2,1-2H3. The Labute approximate surface area is 86.3 Å². The van der Waals surface area contributed by atoms with Gasteiger partial charge in [-0.1, -0.05) is 32.0 Å². The molecule has 0 aliphatic rings. The van der Waals surface area contributed by atoms with Gasteiger partial charge in [0.2, 0.25) is 0 Å². The predicted molar refractivity (Wildman–Crippen MR) is 58.3 cm³/mol. The molecule has 77 valence electrons. The molecule has 14 heavy (non-hydrogen) atoms. The molecule has 0 aromatic heterocycles. The van der Waals surface area contributed by atoms with Crippen LogP contribution in [0.4, 0.5) is 0 Å². The van der Waals surface area contributed by atoms with Gasteiger partial charge >= 0.3 is 0 Å². The summed E-state index contributed by atoms with van der Waals surface area (Å²) in [6, 6.07) is 11.2. The summed E-state index contributed by atoms with van der Waals surface area (Å²) in [4.78, 5) is 0. The molecule has 0 bridgehead atoms. The minimum absolute atomic E-state index is 0.554. The van der Waals surface area contributed by atoms with Crippen molar-refractivity contribution in [2.24, 2.45) is 0 Å². The van der Waals surface area contributed by atoms with Crippen molar-refractivity contribution in [1.29, 1.82) is 0 Å². The van der Waals surface area contributed by atoms with Crippen LogP contribution >= 0.6 is 0 Å². The molecule has 2 heteroatoms. The van der Waals surface area contributed by atoms with E-state index in [1.54, 1.807) is 0 Å². The molecule has 0 atom stereocenters. The Balaban J connectivity index is 2.21. The van der Waals surface area contributed by atoms with Gasteiger partial charge in [0.1, 0.15) is 12.5 Å². The van der Waals surface area contributed by atoms with Crippen LogP contribution in [0.15, 0.2) is 24.3 Å². The second-order valence-electron chi connectivity index (χ2n) is 3.23. The summed E-state index contributed by atoms with van der Waals surface area (Å²) in [5.41, 5.74) is 0. The summed E-state index contributed by atoms with van der Waals surface area (Å²) >= 11 is 0. The number of para-hydroxylation sites is 1. The van der Waals surface area contributed by atoms with Gasteiger partial charge in [-0.15, -0.1) is 0 Å². The Morgan fingerprint density at radius 2 is 2.14 bits per heavy atom. The van der Waals surface area contributed by atoms with E-state index in [0.717, 1.165) is 18.6 Å². The lowest BCUT2D eigenvalue weighted by atomic mass is 10.2. The van der Waals surface area contributed by atoms with Crippen LogP contribution in [-0.4, -0.2) is 12.8 Å². The molecule has 1 N–H and O–H groups in total. The number of hydrogen-bond donors (Lipinski definition) is 1. The average molecular weight is 192 g/mol. The molecule has 0 aliphatic carbocycles. The van der Waals surface area contributed by atoms with Crippen LogP contribution in [0, 0.1) is 6.07 Å². The third-order valence-electron chi connectivity index (χ3n) is 2.27. The Bertz CT molecular complexity index is 231. The Kier molecular flexibility index (Phi) is 5.08. The van der Waals surface area contributed by atoms with Gasteiger partial charge < -0.3 is 4.74 Å². The fraction of sp³-hybridized carbons (Fsp3) is 0.500. The second-order valence-corrected chi connectivity index (χ2v) is 3.23. The van der Waals surface area contributed by atoms with Crippen molar-refractivity contribution < 1.29 is 4.74 Å². The van der Waals surface area contributed by atoms with E-state index >= 15 is 0 Å². The van der Waals surface area contributed by atoms with E-state index in [2.05, 4.69) is 25.2 Å². The molecule has 2 nitrogen and oxygen atoms in total. The first-order valence-corrected chi connectivity index (χ1v) is 5.19. The van der Waals surface area contributed by atoms with Crippen molar-refractivity contribution in [3.63, 3.8) is 0 Å². The lowest BCUT2D eigenvalue weighted by Gasteiger charge is -2.14. The normalized spacial score (nSPS) is 10.5. The van der Waals surface area contributed by atoms with Crippen LogP contribution in [0.3, 0.4) is 0 Å². The molecule has 0 saturated heterocycles. The van der Waals surface area contributed by atoms with E-state index in [0.29, 0.717) is 12.8 Å². The van der Waals surface area contributed by atoms with E-state index < -0.39 is 0 Å². The van der Waals surface area contributed by atoms with Crippen LogP contribution < -0.4 is 10.1 Å². The maximum absolute atomic E-state index is 5.47. The zero-order valence-electron chi connectivity index (χ0n) is 8.92. The minimum Gasteiger partial charge on any atom is -0.478 e. The van der Waals surface area contributed by atoms with Gasteiger partial charge in [0.15, 0.2) is 0 Å². The lowest BCUT2D eigenvalue weighted by molar-refractivity contribution is 0.257. The van der Waals surface area contributed by atoms with Crippen LogP contribution in [0.25, 0.3) is 0 Å². The van der Waals surface area contributed by atoms with Gasteiger partial charge in [0, 0.05) is 12.1 Å². The maximum atomic E-state index is 5.47. The van der Waals surface area contributed by atoms with Crippen molar-refractivity contribution in [3.8, 4) is 5.75 Å². The SMILES string of the molecule is CCC(CC)NCOc1[c]cccc1. The first-order chi connectivity index (χ1) is 6.86. The number of hydrogen-bond acceptors (Lipinski definition) is 2. The van der Waals surface area contributed by atoms with Crippen LogP contribution in [0.2, 0.25) is 0 Å². The van der Waals surface area contributed by atoms with E-state index in [-0.39, 0.29) is 0 Å².